The van der Waals surface area contributed by atoms with Gasteiger partial charge in [-0.25, -0.2) is 4.39 Å². The number of ether oxygens (including phenoxy) is 2. The van der Waals surface area contributed by atoms with Crippen molar-refractivity contribution in [3.63, 3.8) is 0 Å². The van der Waals surface area contributed by atoms with E-state index in [1.807, 2.05) is 27.7 Å². The minimum Gasteiger partial charge on any atom is -0.493 e. The third-order valence-electron chi connectivity index (χ3n) is 3.66. The number of hydrogen-bond acceptors (Lipinski definition) is 4. The van der Waals surface area contributed by atoms with Crippen molar-refractivity contribution >= 4 is 37.6 Å². The predicted octanol–water partition coefficient (Wildman–Crippen LogP) is 6.67. The van der Waals surface area contributed by atoms with Crippen LogP contribution in [0.1, 0.15) is 51.2 Å². The molecule has 0 aliphatic carbocycles. The van der Waals surface area contributed by atoms with Crippen LogP contribution in [0.3, 0.4) is 0 Å². The summed E-state index contributed by atoms with van der Waals surface area (Å²) in [4.78, 5) is 5.17. The number of benzene rings is 1. The summed E-state index contributed by atoms with van der Waals surface area (Å²) in [5.41, 5.74) is 2.34. The summed E-state index contributed by atoms with van der Waals surface area (Å²) >= 11 is 6.50. The third kappa shape index (κ3) is 9.10. The van der Waals surface area contributed by atoms with E-state index in [1.165, 1.54) is 0 Å². The highest BCUT2D eigenvalue weighted by atomic mass is 79.9. The Morgan fingerprint density at radius 1 is 1.15 bits per heavy atom. The topological polar surface area (TPSA) is 40.0 Å². The van der Waals surface area contributed by atoms with Crippen LogP contribution >= 0.6 is 31.9 Å². The van der Waals surface area contributed by atoms with Crippen LogP contribution in [0, 0.1) is 12.7 Å². The fourth-order valence-electron chi connectivity index (χ4n) is 2.42. The van der Waals surface area contributed by atoms with Gasteiger partial charge in [0.25, 0.3) is 0 Å². The first-order valence-corrected chi connectivity index (χ1v) is 10.7. The first-order chi connectivity index (χ1) is 12.9. The smallest absolute Gasteiger partial charge is 0.171 e. The maximum Gasteiger partial charge on any atom is 0.171 e. The molecule has 27 heavy (non-hydrogen) atoms. The highest BCUT2D eigenvalue weighted by Crippen LogP contribution is 2.33. The quantitative estimate of drug-likeness (QED) is 0.180. The Balaban J connectivity index is 2.58. The number of unbranched alkanes of at least 4 members (excludes halogenated alkanes) is 2. The summed E-state index contributed by atoms with van der Waals surface area (Å²) in [5.74, 6) is 0.526. The lowest BCUT2D eigenvalue weighted by Crippen LogP contribution is -2.06. The van der Waals surface area contributed by atoms with Crippen LogP contribution in [-0.4, -0.2) is 25.5 Å². The molecule has 0 fully saturated rings. The molecular weight excluding hydrogens is 481 g/mol. The van der Waals surface area contributed by atoms with Gasteiger partial charge in [0.1, 0.15) is 19.0 Å². The lowest BCUT2D eigenvalue weighted by atomic mass is 10.1. The largest absolute Gasteiger partial charge is 0.493 e. The van der Waals surface area contributed by atoms with E-state index in [-0.39, 0.29) is 18.2 Å². The van der Waals surface area contributed by atoms with Gasteiger partial charge in [0.2, 0.25) is 0 Å². The SMILES string of the molecule is CCc1c(F)c(OCC=C(Br)Br)cc(C)c1OCCCCCON=C(C)C. The lowest BCUT2D eigenvalue weighted by Gasteiger charge is -2.17. The highest BCUT2D eigenvalue weighted by molar-refractivity contribution is 9.28. The van der Waals surface area contributed by atoms with Gasteiger partial charge in [-0.1, -0.05) is 12.1 Å². The van der Waals surface area contributed by atoms with Gasteiger partial charge in [-0.3, -0.25) is 0 Å². The van der Waals surface area contributed by atoms with Crippen molar-refractivity contribution in [2.45, 2.75) is 53.4 Å². The van der Waals surface area contributed by atoms with Gasteiger partial charge in [0.15, 0.2) is 11.6 Å². The van der Waals surface area contributed by atoms with Crippen LogP contribution < -0.4 is 9.47 Å². The van der Waals surface area contributed by atoms with Crippen LogP contribution in [0.25, 0.3) is 0 Å². The molecule has 7 heteroatoms. The number of oxime groups is 1. The van der Waals surface area contributed by atoms with Gasteiger partial charge >= 0.3 is 0 Å². The summed E-state index contributed by atoms with van der Waals surface area (Å²) in [6.45, 7) is 9.04. The Labute approximate surface area is 178 Å². The van der Waals surface area contributed by atoms with Crippen molar-refractivity contribution in [2.24, 2.45) is 5.16 Å². The molecule has 0 heterocycles. The van der Waals surface area contributed by atoms with Crippen molar-refractivity contribution in [3.05, 3.63) is 32.5 Å². The van der Waals surface area contributed by atoms with Gasteiger partial charge in [-0.2, -0.15) is 0 Å². The zero-order chi connectivity index (χ0) is 20.2. The van der Waals surface area contributed by atoms with Gasteiger partial charge in [0.05, 0.1) is 15.7 Å². The van der Waals surface area contributed by atoms with Crippen molar-refractivity contribution < 1.29 is 18.7 Å². The zero-order valence-corrected chi connectivity index (χ0v) is 19.6. The first-order valence-electron chi connectivity index (χ1n) is 9.08. The van der Waals surface area contributed by atoms with Crippen molar-refractivity contribution in [2.75, 3.05) is 19.8 Å². The molecule has 1 rings (SSSR count). The molecule has 152 valence electrons. The zero-order valence-electron chi connectivity index (χ0n) is 16.4. The van der Waals surface area contributed by atoms with Crippen LogP contribution in [0.5, 0.6) is 11.5 Å². The van der Waals surface area contributed by atoms with Crippen LogP contribution in [0.2, 0.25) is 0 Å². The predicted molar refractivity (Wildman–Crippen MR) is 116 cm³/mol. The van der Waals surface area contributed by atoms with Crippen molar-refractivity contribution in [3.8, 4) is 11.5 Å². The Morgan fingerprint density at radius 2 is 1.85 bits per heavy atom. The van der Waals surface area contributed by atoms with E-state index < -0.39 is 0 Å². The van der Waals surface area contributed by atoms with Crippen LogP contribution in [0.15, 0.2) is 20.7 Å². The number of rotatable bonds is 12. The molecule has 0 bridgehead atoms. The monoisotopic (exact) mass is 507 g/mol. The normalized spacial score (nSPS) is 10.3. The van der Waals surface area contributed by atoms with E-state index in [9.17, 15) is 4.39 Å². The molecular formula is C20H28Br2FNO3. The first kappa shape index (κ1) is 24.0. The molecule has 0 saturated heterocycles. The molecule has 0 atom stereocenters. The number of hydrogen-bond donors (Lipinski definition) is 0. The average molecular weight is 509 g/mol. The van der Waals surface area contributed by atoms with Gasteiger partial charge in [-0.15, -0.1) is 0 Å². The molecule has 1 aromatic rings. The van der Waals surface area contributed by atoms with E-state index in [0.29, 0.717) is 30.9 Å². The van der Waals surface area contributed by atoms with Gasteiger partial charge < -0.3 is 14.3 Å². The fraction of sp³-hybridized carbons (Fsp3) is 0.550. The van der Waals surface area contributed by atoms with Gasteiger partial charge in [-0.05, 0) is 96.0 Å². The van der Waals surface area contributed by atoms with Crippen LogP contribution in [-0.2, 0) is 11.3 Å². The summed E-state index contributed by atoms with van der Waals surface area (Å²) in [5, 5.41) is 3.90. The molecule has 0 aliphatic heterocycles. The van der Waals surface area contributed by atoms with Crippen LogP contribution in [0.4, 0.5) is 4.39 Å². The van der Waals surface area contributed by atoms with E-state index in [2.05, 4.69) is 37.0 Å². The number of nitrogens with zero attached hydrogens (tertiary/aromatic N) is 1. The number of aryl methyl sites for hydroxylation is 1. The molecule has 0 spiro atoms. The highest BCUT2D eigenvalue weighted by Gasteiger charge is 2.17. The number of halogens is 3. The maximum absolute atomic E-state index is 14.7. The average Bonchev–Trinajstić information content (AvgIpc) is 2.60. The molecule has 0 saturated carbocycles. The van der Waals surface area contributed by atoms with Crippen molar-refractivity contribution in [1.29, 1.82) is 0 Å². The molecule has 0 N–H and O–H groups in total. The molecule has 0 aromatic heterocycles. The summed E-state index contributed by atoms with van der Waals surface area (Å²) < 4.78 is 26.9. The minimum absolute atomic E-state index is 0.248. The van der Waals surface area contributed by atoms with E-state index in [1.54, 1.807) is 12.1 Å². The van der Waals surface area contributed by atoms with E-state index >= 15 is 0 Å². The van der Waals surface area contributed by atoms with E-state index in [4.69, 9.17) is 14.3 Å². The molecule has 4 nitrogen and oxygen atoms in total. The maximum atomic E-state index is 14.7. The Kier molecular flexibility index (Phi) is 11.7. The summed E-state index contributed by atoms with van der Waals surface area (Å²) in [6, 6.07) is 1.69. The molecule has 0 unspecified atom stereocenters. The Bertz CT molecular complexity index is 655. The molecule has 0 radical (unpaired) electrons. The fourth-order valence-corrected chi connectivity index (χ4v) is 2.69. The summed E-state index contributed by atoms with van der Waals surface area (Å²) in [6.07, 6.45) is 5.07. The Hall–Kier alpha value is -1.08. The second-order valence-electron chi connectivity index (χ2n) is 6.25. The third-order valence-corrected chi connectivity index (χ3v) is 4.31. The van der Waals surface area contributed by atoms with Crippen molar-refractivity contribution in [1.82, 2.24) is 0 Å². The second-order valence-corrected chi connectivity index (χ2v) is 9.03. The summed E-state index contributed by atoms with van der Waals surface area (Å²) in [7, 11) is 0. The minimum atomic E-state index is -0.349. The molecule has 0 amide bonds. The Morgan fingerprint density at radius 3 is 2.48 bits per heavy atom. The molecule has 0 aliphatic rings. The van der Waals surface area contributed by atoms with Gasteiger partial charge in [0, 0.05) is 5.56 Å². The molecule has 1 aromatic carbocycles. The second kappa shape index (κ2) is 13.2. The standard InChI is InChI=1S/C20H28Br2FNO3/c1-5-16-19(23)17(25-12-9-18(21)22)13-15(4)20(16)26-10-7-6-8-11-27-24-14(2)3/h9,13H,5-8,10-12H2,1-4H3. The lowest BCUT2D eigenvalue weighted by molar-refractivity contribution is 0.138. The van der Waals surface area contributed by atoms with E-state index in [0.717, 1.165) is 33.9 Å².